The van der Waals surface area contributed by atoms with Gasteiger partial charge in [-0.25, -0.2) is 4.39 Å². The SMILES string of the molecule is C[C@@H](O)[C@@H]1NC(=O)COc2cccc(c2)[C@H]2CN(C(=O)c3cc(F)cc(C#N)c3)C[C@@H]2NC(=O)[C@H](Cc2ccccc2)NC(=O)CN(CC2CC2)C1=O. The van der Waals surface area contributed by atoms with Crippen molar-refractivity contribution in [3.63, 3.8) is 0 Å². The van der Waals surface area contributed by atoms with Gasteiger partial charge >= 0.3 is 0 Å². The number of halogens is 1. The van der Waals surface area contributed by atoms with Crippen LogP contribution in [0.15, 0.2) is 72.8 Å². The maximum Gasteiger partial charge on any atom is 0.258 e. The zero-order valence-corrected chi connectivity index (χ0v) is 29.2. The molecule has 2 aliphatic heterocycles. The maximum atomic E-state index is 14.4. The number of hydrogen-bond acceptors (Lipinski definition) is 8. The highest BCUT2D eigenvalue weighted by atomic mass is 19.1. The summed E-state index contributed by atoms with van der Waals surface area (Å²) in [5.41, 5.74) is 1.40. The Morgan fingerprint density at radius 3 is 2.47 bits per heavy atom. The van der Waals surface area contributed by atoms with Crippen LogP contribution in [0.25, 0.3) is 0 Å². The van der Waals surface area contributed by atoms with Gasteiger partial charge in [-0.15, -0.1) is 0 Å². The Morgan fingerprint density at radius 2 is 1.75 bits per heavy atom. The van der Waals surface area contributed by atoms with E-state index in [4.69, 9.17) is 4.74 Å². The summed E-state index contributed by atoms with van der Waals surface area (Å²) >= 11 is 0. The van der Waals surface area contributed by atoms with Gasteiger partial charge in [-0.3, -0.25) is 24.0 Å². The van der Waals surface area contributed by atoms with E-state index in [2.05, 4.69) is 16.0 Å². The Bertz CT molecular complexity index is 1910. The normalized spacial score (nSPS) is 23.3. The molecular formula is C39H41FN6O7. The molecule has 1 saturated heterocycles. The van der Waals surface area contributed by atoms with E-state index in [0.717, 1.165) is 30.5 Å². The molecule has 14 heteroatoms. The average Bonchev–Trinajstić information content (AvgIpc) is 3.87. The third kappa shape index (κ3) is 9.36. The van der Waals surface area contributed by atoms with Crippen LogP contribution < -0.4 is 20.7 Å². The molecule has 53 heavy (non-hydrogen) atoms. The lowest BCUT2D eigenvalue weighted by Crippen LogP contribution is -2.58. The molecule has 3 aromatic carbocycles. The molecule has 4 N–H and O–H groups in total. The number of rotatable bonds is 6. The van der Waals surface area contributed by atoms with Crippen LogP contribution >= 0.6 is 0 Å². The van der Waals surface area contributed by atoms with Gasteiger partial charge in [0.15, 0.2) is 6.61 Å². The summed E-state index contributed by atoms with van der Waals surface area (Å²) in [6.45, 7) is 0.839. The highest BCUT2D eigenvalue weighted by molar-refractivity contribution is 5.95. The van der Waals surface area contributed by atoms with Gasteiger partial charge in [-0.1, -0.05) is 42.5 Å². The molecule has 6 rings (SSSR count). The van der Waals surface area contributed by atoms with E-state index in [0.29, 0.717) is 11.3 Å². The smallest absolute Gasteiger partial charge is 0.258 e. The van der Waals surface area contributed by atoms with Gasteiger partial charge in [0.2, 0.25) is 17.7 Å². The van der Waals surface area contributed by atoms with E-state index in [1.807, 2.05) is 36.4 Å². The minimum absolute atomic E-state index is 0.0107. The number of benzene rings is 3. The standard InChI is InChI=1S/C39H41FN6O7/c1-23(47)36-39(52)45(18-25-10-11-25)21-34(48)42-32(14-24-6-3-2-4-7-24)37(50)43-33-20-46(38(51)28-12-26(17-41)13-29(40)15-28)19-31(33)27-8-5-9-30(16-27)53-22-35(49)44-36/h2-9,12-13,15-16,23,25,31-33,36,47H,10-11,14,18-22H2,1H3,(H,42,48)(H,43,50)(H,44,49)/t23-,31-,32+,33+,36+/m1/s1. The molecule has 1 aliphatic carbocycles. The number of nitrogens with zero attached hydrogens (tertiary/aromatic N) is 3. The largest absolute Gasteiger partial charge is 0.484 e. The van der Waals surface area contributed by atoms with Crippen molar-refractivity contribution in [3.05, 3.63) is 101 Å². The van der Waals surface area contributed by atoms with Crippen LogP contribution in [0.5, 0.6) is 5.75 Å². The fourth-order valence-corrected chi connectivity index (χ4v) is 6.80. The van der Waals surface area contributed by atoms with Gasteiger partial charge in [-0.2, -0.15) is 5.26 Å². The van der Waals surface area contributed by atoms with Gasteiger partial charge in [0, 0.05) is 37.5 Å². The van der Waals surface area contributed by atoms with Crippen LogP contribution in [0.4, 0.5) is 4.39 Å². The van der Waals surface area contributed by atoms with Gasteiger partial charge < -0.3 is 35.6 Å². The summed E-state index contributed by atoms with van der Waals surface area (Å²) in [5, 5.41) is 28.3. The summed E-state index contributed by atoms with van der Waals surface area (Å²) in [6, 6.07) is 18.0. The predicted molar refractivity (Wildman–Crippen MR) is 189 cm³/mol. The highest BCUT2D eigenvalue weighted by Crippen LogP contribution is 2.32. The topological polar surface area (TPSA) is 181 Å². The van der Waals surface area contributed by atoms with E-state index in [1.54, 1.807) is 24.3 Å². The molecule has 276 valence electrons. The first-order valence-electron chi connectivity index (χ1n) is 17.6. The van der Waals surface area contributed by atoms with E-state index >= 15 is 0 Å². The van der Waals surface area contributed by atoms with Gasteiger partial charge in [-0.05, 0) is 67.1 Å². The second kappa shape index (κ2) is 16.2. The summed E-state index contributed by atoms with van der Waals surface area (Å²) < 4.78 is 20.2. The molecule has 1 saturated carbocycles. The first-order valence-corrected chi connectivity index (χ1v) is 17.6. The number of ether oxygens (including phenoxy) is 1. The zero-order valence-electron chi connectivity index (χ0n) is 29.2. The van der Waals surface area contributed by atoms with E-state index < -0.39 is 78.7 Å². The number of likely N-dealkylation sites (tertiary alicyclic amines) is 1. The molecular weight excluding hydrogens is 683 g/mol. The number of fused-ring (bicyclic) bond motifs is 4. The van der Waals surface area contributed by atoms with Crippen LogP contribution in [-0.2, 0) is 25.6 Å². The number of amides is 5. The quantitative estimate of drug-likeness (QED) is 0.296. The Balaban J connectivity index is 1.35. The second-order valence-corrected chi connectivity index (χ2v) is 13.9. The monoisotopic (exact) mass is 724 g/mol. The van der Waals surface area contributed by atoms with Gasteiger partial charge in [0.25, 0.3) is 11.8 Å². The number of aliphatic hydroxyl groups excluding tert-OH is 1. The highest BCUT2D eigenvalue weighted by Gasteiger charge is 2.40. The number of carbonyl (C=O) groups is 5. The van der Waals surface area contributed by atoms with Crippen molar-refractivity contribution in [1.29, 1.82) is 5.26 Å². The third-order valence-corrected chi connectivity index (χ3v) is 9.69. The summed E-state index contributed by atoms with van der Waals surface area (Å²) in [7, 11) is 0. The molecule has 0 radical (unpaired) electrons. The molecule has 5 atom stereocenters. The first kappa shape index (κ1) is 37.0. The Hall–Kier alpha value is -5.81. The van der Waals surface area contributed by atoms with Crippen molar-refractivity contribution in [2.75, 3.05) is 32.8 Å². The maximum absolute atomic E-state index is 14.4. The van der Waals surface area contributed by atoms with Crippen LogP contribution in [0, 0.1) is 23.1 Å². The number of aliphatic hydroxyl groups is 1. The van der Waals surface area contributed by atoms with Gasteiger partial charge in [0.1, 0.15) is 23.7 Å². The van der Waals surface area contributed by atoms with E-state index in [1.165, 1.54) is 22.8 Å². The number of nitriles is 1. The Labute approximate surface area is 306 Å². The van der Waals surface area contributed by atoms with Crippen LogP contribution in [-0.4, -0.2) is 101 Å². The van der Waals surface area contributed by atoms with Crippen molar-refractivity contribution >= 4 is 29.5 Å². The van der Waals surface area contributed by atoms with Crippen molar-refractivity contribution in [2.24, 2.45) is 5.92 Å². The third-order valence-electron chi connectivity index (χ3n) is 9.69. The molecule has 3 aliphatic rings. The lowest BCUT2D eigenvalue weighted by atomic mass is 9.93. The second-order valence-electron chi connectivity index (χ2n) is 13.9. The molecule has 0 unspecified atom stereocenters. The number of carbonyl (C=O) groups excluding carboxylic acids is 5. The lowest BCUT2D eigenvalue weighted by Gasteiger charge is -2.30. The zero-order chi connectivity index (χ0) is 37.6. The van der Waals surface area contributed by atoms with Crippen LogP contribution in [0.1, 0.15) is 52.7 Å². The van der Waals surface area contributed by atoms with Crippen LogP contribution in [0.3, 0.4) is 0 Å². The Kier molecular flexibility index (Phi) is 11.3. The summed E-state index contributed by atoms with van der Waals surface area (Å²) in [6.07, 6.45) is 0.559. The minimum Gasteiger partial charge on any atom is -0.484 e. The van der Waals surface area contributed by atoms with E-state index in [-0.39, 0.29) is 43.1 Å². The molecule has 2 heterocycles. The molecule has 13 nitrogen and oxygen atoms in total. The molecule has 0 aromatic heterocycles. The van der Waals surface area contributed by atoms with E-state index in [9.17, 15) is 38.7 Å². The molecule has 3 aromatic rings. The fraction of sp³-hybridized carbons (Fsp3) is 0.385. The van der Waals surface area contributed by atoms with Crippen molar-refractivity contribution in [2.45, 2.75) is 56.3 Å². The van der Waals surface area contributed by atoms with Gasteiger partial charge in [0.05, 0.1) is 30.3 Å². The summed E-state index contributed by atoms with van der Waals surface area (Å²) in [4.78, 5) is 71.2. The lowest BCUT2D eigenvalue weighted by molar-refractivity contribution is -0.143. The molecule has 2 fully saturated rings. The molecule has 2 bridgehead atoms. The molecule has 0 spiro atoms. The van der Waals surface area contributed by atoms with Crippen LogP contribution in [0.2, 0.25) is 0 Å². The van der Waals surface area contributed by atoms with Crippen molar-refractivity contribution in [3.8, 4) is 11.8 Å². The average molecular weight is 725 g/mol. The summed E-state index contributed by atoms with van der Waals surface area (Å²) in [5.74, 6) is -3.73. The number of nitrogens with one attached hydrogen (secondary N) is 3. The minimum atomic E-state index is -1.35. The number of hydrogen-bond donors (Lipinski definition) is 4. The fourth-order valence-electron chi connectivity index (χ4n) is 6.80. The molecule has 5 amide bonds. The van der Waals surface area contributed by atoms with Crippen molar-refractivity contribution in [1.82, 2.24) is 25.8 Å². The van der Waals surface area contributed by atoms with Crippen molar-refractivity contribution < 1.29 is 38.2 Å². The predicted octanol–water partition coefficient (Wildman–Crippen LogP) is 1.65. The first-order chi connectivity index (χ1) is 25.5. The Morgan fingerprint density at radius 1 is 0.981 bits per heavy atom.